The van der Waals surface area contributed by atoms with Crippen molar-refractivity contribution in [3.63, 3.8) is 0 Å². The minimum atomic E-state index is -0.594. The third-order valence-corrected chi connectivity index (χ3v) is 5.09. The Morgan fingerprint density at radius 2 is 2.12 bits per heavy atom. The Morgan fingerprint density at radius 3 is 2.92 bits per heavy atom. The van der Waals surface area contributed by atoms with Gasteiger partial charge in [0.25, 0.3) is 0 Å². The second-order valence-electron chi connectivity index (χ2n) is 6.79. The first-order chi connectivity index (χ1) is 11.6. The molecule has 2 amide bonds. The molecule has 0 radical (unpaired) electrons. The van der Waals surface area contributed by atoms with Crippen molar-refractivity contribution in [3.05, 3.63) is 47.7 Å². The number of hydrogen-bond donors (Lipinski definition) is 3. The van der Waals surface area contributed by atoms with E-state index in [0.29, 0.717) is 18.2 Å². The monoisotopic (exact) mass is 326 g/mol. The fourth-order valence-corrected chi connectivity index (χ4v) is 3.56. The molecule has 2 aliphatic rings. The van der Waals surface area contributed by atoms with Gasteiger partial charge in [0.1, 0.15) is 5.82 Å². The summed E-state index contributed by atoms with van der Waals surface area (Å²) in [6.45, 7) is 2.13. The average molecular weight is 326 g/mol. The Kier molecular flexibility index (Phi) is 3.76. The van der Waals surface area contributed by atoms with E-state index in [2.05, 4.69) is 22.7 Å². The molecule has 1 heterocycles. The van der Waals surface area contributed by atoms with Gasteiger partial charge in [-0.1, -0.05) is 24.3 Å². The quantitative estimate of drug-likeness (QED) is 0.808. The van der Waals surface area contributed by atoms with Crippen molar-refractivity contribution in [2.45, 2.75) is 44.4 Å². The van der Waals surface area contributed by atoms with Crippen molar-refractivity contribution in [1.82, 2.24) is 15.1 Å². The topological polar surface area (TPSA) is 79.2 Å². The number of urea groups is 1. The molecule has 0 aliphatic heterocycles. The van der Waals surface area contributed by atoms with Gasteiger partial charge < -0.3 is 10.4 Å². The summed E-state index contributed by atoms with van der Waals surface area (Å²) in [5.74, 6) is 1.34. The van der Waals surface area contributed by atoms with E-state index in [1.165, 1.54) is 12.8 Å². The highest BCUT2D eigenvalue weighted by molar-refractivity contribution is 5.88. The van der Waals surface area contributed by atoms with Crippen LogP contribution in [-0.4, -0.2) is 27.0 Å². The zero-order valence-electron chi connectivity index (χ0n) is 13.6. The van der Waals surface area contributed by atoms with Gasteiger partial charge in [0, 0.05) is 12.5 Å². The van der Waals surface area contributed by atoms with E-state index in [1.807, 2.05) is 28.9 Å². The molecule has 1 aromatic carbocycles. The Bertz CT molecular complexity index is 753. The first-order valence-electron chi connectivity index (χ1n) is 8.50. The number of anilines is 1. The maximum absolute atomic E-state index is 12.4. The number of nitrogens with zero attached hydrogens (tertiary/aromatic N) is 2. The van der Waals surface area contributed by atoms with Crippen molar-refractivity contribution >= 4 is 11.8 Å². The molecular formula is C18H22N4O2. The standard InChI is InChI=1S/C18H22N4O2/c1-11(12-6-7-12)22-16(8-9-19-22)20-18(24)21-17-14-5-3-2-4-13(14)10-15(17)23/h2-5,8-9,11-12,15,17,23H,6-7,10H2,1H3,(H2,20,21,24)/t11-,15-,17-/m1/s1. The molecule has 1 fully saturated rings. The number of aromatic nitrogens is 2. The summed E-state index contributed by atoms with van der Waals surface area (Å²) in [5.41, 5.74) is 2.07. The van der Waals surface area contributed by atoms with E-state index in [0.717, 1.165) is 11.1 Å². The van der Waals surface area contributed by atoms with E-state index in [9.17, 15) is 9.90 Å². The number of benzene rings is 1. The van der Waals surface area contributed by atoms with E-state index in [4.69, 9.17) is 0 Å². The minimum absolute atomic E-state index is 0.285. The summed E-state index contributed by atoms with van der Waals surface area (Å²) in [4.78, 5) is 12.4. The van der Waals surface area contributed by atoms with E-state index < -0.39 is 6.10 Å². The summed E-state index contributed by atoms with van der Waals surface area (Å²) in [7, 11) is 0. The lowest BCUT2D eigenvalue weighted by Gasteiger charge is -2.20. The van der Waals surface area contributed by atoms with Crippen molar-refractivity contribution in [1.29, 1.82) is 0 Å². The molecule has 0 spiro atoms. The predicted octanol–water partition coefficient (Wildman–Crippen LogP) is 2.63. The van der Waals surface area contributed by atoms with E-state index in [1.54, 1.807) is 12.3 Å². The van der Waals surface area contributed by atoms with Gasteiger partial charge in [0.05, 0.1) is 24.4 Å². The van der Waals surface area contributed by atoms with Gasteiger partial charge in [-0.2, -0.15) is 5.10 Å². The summed E-state index contributed by atoms with van der Waals surface area (Å²) < 4.78 is 1.87. The van der Waals surface area contributed by atoms with Gasteiger partial charge in [-0.05, 0) is 36.8 Å². The SMILES string of the molecule is C[C@H](C1CC1)n1nccc1NC(=O)N[C@@H]1c2ccccc2C[C@H]1O. The van der Waals surface area contributed by atoms with Crippen LogP contribution in [0.3, 0.4) is 0 Å². The van der Waals surface area contributed by atoms with Gasteiger partial charge in [0.2, 0.25) is 0 Å². The summed E-state index contributed by atoms with van der Waals surface area (Å²) in [6.07, 6.45) is 4.12. The van der Waals surface area contributed by atoms with Crippen LogP contribution >= 0.6 is 0 Å². The number of nitrogens with one attached hydrogen (secondary N) is 2. The van der Waals surface area contributed by atoms with Crippen molar-refractivity contribution in [2.24, 2.45) is 5.92 Å². The largest absolute Gasteiger partial charge is 0.390 e. The number of carbonyl (C=O) groups excluding carboxylic acids is 1. The predicted molar refractivity (Wildman–Crippen MR) is 90.7 cm³/mol. The lowest BCUT2D eigenvalue weighted by molar-refractivity contribution is 0.144. The molecule has 126 valence electrons. The number of amides is 2. The van der Waals surface area contributed by atoms with Crippen LogP contribution in [-0.2, 0) is 6.42 Å². The second kappa shape index (κ2) is 5.94. The van der Waals surface area contributed by atoms with Crippen LogP contribution in [0.5, 0.6) is 0 Å². The number of rotatable bonds is 4. The highest BCUT2D eigenvalue weighted by Crippen LogP contribution is 2.40. The zero-order chi connectivity index (χ0) is 16.7. The van der Waals surface area contributed by atoms with Crippen LogP contribution in [0.4, 0.5) is 10.6 Å². The molecule has 24 heavy (non-hydrogen) atoms. The van der Waals surface area contributed by atoms with Crippen LogP contribution in [0.25, 0.3) is 0 Å². The molecule has 3 atom stereocenters. The van der Waals surface area contributed by atoms with Crippen LogP contribution < -0.4 is 10.6 Å². The summed E-state index contributed by atoms with van der Waals surface area (Å²) in [5, 5.41) is 20.4. The van der Waals surface area contributed by atoms with Crippen LogP contribution in [0, 0.1) is 5.92 Å². The molecule has 4 rings (SSSR count). The van der Waals surface area contributed by atoms with E-state index in [-0.39, 0.29) is 18.1 Å². The van der Waals surface area contributed by atoms with Gasteiger partial charge in [-0.25, -0.2) is 9.48 Å². The fraction of sp³-hybridized carbons (Fsp3) is 0.444. The molecule has 6 heteroatoms. The fourth-order valence-electron chi connectivity index (χ4n) is 3.56. The molecule has 1 aromatic heterocycles. The molecular weight excluding hydrogens is 304 g/mol. The highest BCUT2D eigenvalue weighted by Gasteiger charge is 2.33. The van der Waals surface area contributed by atoms with Crippen molar-refractivity contribution in [2.75, 3.05) is 5.32 Å². The average Bonchev–Trinajstić information content (AvgIpc) is 3.25. The smallest absolute Gasteiger partial charge is 0.320 e. The van der Waals surface area contributed by atoms with Crippen LogP contribution in [0.15, 0.2) is 36.5 Å². The van der Waals surface area contributed by atoms with Gasteiger partial charge in [0.15, 0.2) is 0 Å². The molecule has 0 unspecified atom stereocenters. The van der Waals surface area contributed by atoms with Crippen LogP contribution in [0.1, 0.15) is 43.0 Å². The zero-order valence-corrected chi connectivity index (χ0v) is 13.6. The number of fused-ring (bicyclic) bond motifs is 1. The third-order valence-electron chi connectivity index (χ3n) is 5.09. The lowest BCUT2D eigenvalue weighted by Crippen LogP contribution is -2.37. The first kappa shape index (κ1) is 15.2. The number of hydrogen-bond acceptors (Lipinski definition) is 3. The molecule has 6 nitrogen and oxygen atoms in total. The molecule has 0 saturated heterocycles. The number of carbonyl (C=O) groups is 1. The Hall–Kier alpha value is -2.34. The maximum atomic E-state index is 12.4. The lowest BCUT2D eigenvalue weighted by atomic mass is 10.1. The Labute approximate surface area is 140 Å². The number of aliphatic hydroxyl groups is 1. The van der Waals surface area contributed by atoms with Crippen molar-refractivity contribution < 1.29 is 9.90 Å². The van der Waals surface area contributed by atoms with Gasteiger partial charge in [-0.3, -0.25) is 5.32 Å². The van der Waals surface area contributed by atoms with Gasteiger partial charge in [-0.15, -0.1) is 0 Å². The molecule has 3 N–H and O–H groups in total. The second-order valence-corrected chi connectivity index (χ2v) is 6.79. The van der Waals surface area contributed by atoms with E-state index >= 15 is 0 Å². The molecule has 0 bridgehead atoms. The van der Waals surface area contributed by atoms with Gasteiger partial charge >= 0.3 is 6.03 Å². The summed E-state index contributed by atoms with van der Waals surface area (Å²) >= 11 is 0. The van der Waals surface area contributed by atoms with Crippen molar-refractivity contribution in [3.8, 4) is 0 Å². The molecule has 2 aliphatic carbocycles. The Balaban J connectivity index is 1.45. The Morgan fingerprint density at radius 1 is 1.33 bits per heavy atom. The first-order valence-corrected chi connectivity index (χ1v) is 8.50. The van der Waals surface area contributed by atoms with Crippen LogP contribution in [0.2, 0.25) is 0 Å². The molecule has 1 saturated carbocycles. The number of aliphatic hydroxyl groups excluding tert-OH is 1. The molecule has 2 aromatic rings. The maximum Gasteiger partial charge on any atom is 0.320 e. The normalized spacial score (nSPS) is 23.6. The summed E-state index contributed by atoms with van der Waals surface area (Å²) in [6, 6.07) is 9.21. The minimum Gasteiger partial charge on any atom is -0.390 e. The third kappa shape index (κ3) is 2.78. The highest BCUT2D eigenvalue weighted by atomic mass is 16.3.